The number of unbranched alkanes of at least 4 members (excludes halogenated alkanes) is 1. The van der Waals surface area contributed by atoms with Gasteiger partial charge in [0.05, 0.1) is 6.61 Å². The molecule has 0 saturated carbocycles. The minimum absolute atomic E-state index is 0.236. The first-order valence-electron chi connectivity index (χ1n) is 6.85. The van der Waals surface area contributed by atoms with Crippen LogP contribution in [0.5, 0.6) is 0 Å². The summed E-state index contributed by atoms with van der Waals surface area (Å²) in [5, 5.41) is 9.13. The Morgan fingerprint density at radius 1 is 1.24 bits per heavy atom. The Kier molecular flexibility index (Phi) is 6.46. The van der Waals surface area contributed by atoms with Gasteiger partial charge in [-0.2, -0.15) is 0 Å². The Morgan fingerprint density at radius 3 is 2.33 bits per heavy atom. The Labute approximate surface area is 124 Å². The second-order valence-electron chi connectivity index (χ2n) is 4.84. The van der Waals surface area contributed by atoms with E-state index >= 15 is 0 Å². The fourth-order valence-corrected chi connectivity index (χ4v) is 1.63. The zero-order chi connectivity index (χ0) is 15.8. The first-order chi connectivity index (χ1) is 9.95. The molecule has 1 aromatic carbocycles. The highest BCUT2D eigenvalue weighted by molar-refractivity contribution is 6.17. The molecule has 114 valence electrons. The molecule has 0 aromatic heterocycles. The van der Waals surface area contributed by atoms with Crippen LogP contribution in [0.25, 0.3) is 6.08 Å². The summed E-state index contributed by atoms with van der Waals surface area (Å²) in [6.45, 7) is 2.20. The molecule has 0 unspecified atom stereocenters. The predicted octanol–water partition coefficient (Wildman–Crippen LogP) is 2.56. The molecule has 5 nitrogen and oxygen atoms in total. The molecule has 0 spiro atoms. The average Bonchev–Trinajstić information content (AvgIpc) is 2.45. The van der Waals surface area contributed by atoms with E-state index in [9.17, 15) is 9.59 Å². The van der Waals surface area contributed by atoms with Crippen molar-refractivity contribution in [3.63, 3.8) is 0 Å². The van der Waals surface area contributed by atoms with E-state index in [0.717, 1.165) is 18.5 Å². The minimum atomic E-state index is -1.28. The Balaban J connectivity index is 2.89. The van der Waals surface area contributed by atoms with Gasteiger partial charge in [-0.1, -0.05) is 25.5 Å². The fourth-order valence-electron chi connectivity index (χ4n) is 1.63. The first kappa shape index (κ1) is 16.8. The summed E-state index contributed by atoms with van der Waals surface area (Å²) in [6, 6.07) is 7.23. The number of anilines is 1. The normalized spacial score (nSPS) is 11.1. The molecule has 0 radical (unpaired) electrons. The predicted molar refractivity (Wildman–Crippen MR) is 82.2 cm³/mol. The van der Waals surface area contributed by atoms with Crippen LogP contribution in [0.3, 0.4) is 0 Å². The lowest BCUT2D eigenvalue weighted by molar-refractivity contribution is -0.144. The lowest BCUT2D eigenvalue weighted by atomic mass is 10.1. The van der Waals surface area contributed by atoms with Gasteiger partial charge in [0.15, 0.2) is 0 Å². The molecule has 0 amide bonds. The van der Waals surface area contributed by atoms with Crippen LogP contribution in [0.1, 0.15) is 25.3 Å². The maximum atomic E-state index is 11.8. The molecule has 0 aliphatic heterocycles. The van der Waals surface area contributed by atoms with Crippen LogP contribution < -0.4 is 4.90 Å². The molecule has 5 heteroatoms. The molecule has 1 aromatic rings. The summed E-state index contributed by atoms with van der Waals surface area (Å²) in [5.41, 5.74) is 1.28. The van der Waals surface area contributed by atoms with Crippen LogP contribution in [0.4, 0.5) is 5.69 Å². The van der Waals surface area contributed by atoms with Crippen LogP contribution in [0, 0.1) is 0 Å². The minimum Gasteiger partial charge on any atom is -0.477 e. The van der Waals surface area contributed by atoms with Crippen molar-refractivity contribution < 1.29 is 19.4 Å². The topological polar surface area (TPSA) is 66.8 Å². The van der Waals surface area contributed by atoms with Crippen molar-refractivity contribution in [2.45, 2.75) is 19.8 Å². The van der Waals surface area contributed by atoms with Crippen molar-refractivity contribution in [3.8, 4) is 0 Å². The molecule has 21 heavy (non-hydrogen) atoms. The summed E-state index contributed by atoms with van der Waals surface area (Å²) >= 11 is 0. The van der Waals surface area contributed by atoms with Gasteiger partial charge in [0.1, 0.15) is 5.57 Å². The van der Waals surface area contributed by atoms with Gasteiger partial charge in [0.25, 0.3) is 0 Å². The molecule has 0 saturated heterocycles. The van der Waals surface area contributed by atoms with E-state index in [4.69, 9.17) is 9.84 Å². The maximum Gasteiger partial charge on any atom is 0.345 e. The van der Waals surface area contributed by atoms with Crippen LogP contribution in [0.15, 0.2) is 29.8 Å². The number of esters is 1. The molecule has 0 aliphatic carbocycles. The number of carbonyl (C=O) groups excluding carboxylic acids is 1. The van der Waals surface area contributed by atoms with Crippen molar-refractivity contribution in [3.05, 3.63) is 35.4 Å². The van der Waals surface area contributed by atoms with Gasteiger partial charge < -0.3 is 14.7 Å². The lowest BCUT2D eigenvalue weighted by Gasteiger charge is -2.12. The second kappa shape index (κ2) is 8.09. The maximum absolute atomic E-state index is 11.8. The Bertz CT molecular complexity index is 518. The van der Waals surface area contributed by atoms with Gasteiger partial charge in [-0.15, -0.1) is 0 Å². The third-order valence-electron chi connectivity index (χ3n) is 2.90. The van der Waals surface area contributed by atoms with Crippen molar-refractivity contribution in [2.24, 2.45) is 0 Å². The quantitative estimate of drug-likeness (QED) is 0.275. The Hall–Kier alpha value is -2.30. The van der Waals surface area contributed by atoms with E-state index in [1.807, 2.05) is 38.1 Å². The van der Waals surface area contributed by atoms with Gasteiger partial charge in [-0.3, -0.25) is 0 Å². The molecule has 1 rings (SSSR count). The van der Waals surface area contributed by atoms with Crippen molar-refractivity contribution in [1.82, 2.24) is 0 Å². The van der Waals surface area contributed by atoms with Gasteiger partial charge >= 0.3 is 11.9 Å². The SMILES string of the molecule is CCCCOC(=O)/C(=C\c1ccc(N(C)C)cc1)C(=O)O. The van der Waals surface area contributed by atoms with Crippen LogP contribution in [0.2, 0.25) is 0 Å². The Morgan fingerprint density at radius 2 is 1.86 bits per heavy atom. The van der Waals surface area contributed by atoms with Gasteiger partial charge in [-0.25, -0.2) is 9.59 Å². The number of hydrogen-bond donors (Lipinski definition) is 1. The number of ether oxygens (including phenoxy) is 1. The lowest BCUT2D eigenvalue weighted by Crippen LogP contribution is -2.16. The zero-order valence-electron chi connectivity index (χ0n) is 12.6. The number of benzene rings is 1. The molecular formula is C16H21NO4. The molecule has 0 atom stereocenters. The summed E-state index contributed by atoms with van der Waals surface area (Å²) in [4.78, 5) is 24.9. The standard InChI is InChI=1S/C16H21NO4/c1-4-5-10-21-16(20)14(15(18)19)11-12-6-8-13(9-7-12)17(2)3/h6-9,11H,4-5,10H2,1-3H3,(H,18,19)/b14-11-. The number of aliphatic carboxylic acids is 1. The number of carboxylic acid groups (broad SMARTS) is 1. The molecule has 0 aliphatic rings. The van der Waals surface area contributed by atoms with E-state index in [-0.39, 0.29) is 12.2 Å². The summed E-state index contributed by atoms with van der Waals surface area (Å²) in [5.74, 6) is -2.08. The third kappa shape index (κ3) is 5.30. The van der Waals surface area contributed by atoms with Crippen LogP contribution in [-0.2, 0) is 14.3 Å². The van der Waals surface area contributed by atoms with Crippen LogP contribution in [-0.4, -0.2) is 37.7 Å². The highest BCUT2D eigenvalue weighted by Crippen LogP contribution is 2.15. The fraction of sp³-hybridized carbons (Fsp3) is 0.375. The van der Waals surface area contributed by atoms with E-state index in [0.29, 0.717) is 5.56 Å². The van der Waals surface area contributed by atoms with Crippen molar-refractivity contribution in [2.75, 3.05) is 25.6 Å². The van der Waals surface area contributed by atoms with Crippen molar-refractivity contribution >= 4 is 23.7 Å². The van der Waals surface area contributed by atoms with E-state index in [1.54, 1.807) is 12.1 Å². The van der Waals surface area contributed by atoms with E-state index in [1.165, 1.54) is 6.08 Å². The van der Waals surface area contributed by atoms with Gasteiger partial charge in [0.2, 0.25) is 0 Å². The van der Waals surface area contributed by atoms with Crippen molar-refractivity contribution in [1.29, 1.82) is 0 Å². The largest absolute Gasteiger partial charge is 0.477 e. The van der Waals surface area contributed by atoms with Crippen LogP contribution >= 0.6 is 0 Å². The third-order valence-corrected chi connectivity index (χ3v) is 2.90. The first-order valence-corrected chi connectivity index (χ1v) is 6.85. The highest BCUT2D eigenvalue weighted by atomic mass is 16.5. The number of nitrogens with zero attached hydrogens (tertiary/aromatic N) is 1. The molecular weight excluding hydrogens is 270 g/mol. The number of rotatable bonds is 7. The smallest absolute Gasteiger partial charge is 0.345 e. The highest BCUT2D eigenvalue weighted by Gasteiger charge is 2.18. The summed E-state index contributed by atoms with van der Waals surface area (Å²) in [6.07, 6.45) is 2.93. The summed E-state index contributed by atoms with van der Waals surface area (Å²) < 4.78 is 4.94. The average molecular weight is 291 g/mol. The number of carboxylic acids is 1. The molecule has 0 bridgehead atoms. The van der Waals surface area contributed by atoms with Gasteiger partial charge in [0, 0.05) is 19.8 Å². The second-order valence-corrected chi connectivity index (χ2v) is 4.84. The van der Waals surface area contributed by atoms with Gasteiger partial charge in [-0.05, 0) is 30.2 Å². The number of carbonyl (C=O) groups is 2. The summed E-state index contributed by atoms with van der Waals surface area (Å²) in [7, 11) is 3.83. The molecule has 1 N–H and O–H groups in total. The monoisotopic (exact) mass is 291 g/mol. The molecule has 0 fully saturated rings. The number of hydrogen-bond acceptors (Lipinski definition) is 4. The zero-order valence-corrected chi connectivity index (χ0v) is 12.6. The molecule has 0 heterocycles. The van der Waals surface area contributed by atoms with E-state index < -0.39 is 11.9 Å². The van der Waals surface area contributed by atoms with E-state index in [2.05, 4.69) is 0 Å².